The van der Waals surface area contributed by atoms with Gasteiger partial charge in [-0.25, -0.2) is 8.42 Å². The van der Waals surface area contributed by atoms with Crippen LogP contribution < -0.4 is 5.32 Å². The maximum absolute atomic E-state index is 12.6. The van der Waals surface area contributed by atoms with E-state index in [4.69, 9.17) is 0 Å². The Kier molecular flexibility index (Phi) is 5.23. The van der Waals surface area contributed by atoms with Crippen molar-refractivity contribution in [3.05, 3.63) is 28.2 Å². The highest BCUT2D eigenvalue weighted by atomic mass is 79.9. The summed E-state index contributed by atoms with van der Waals surface area (Å²) < 4.78 is 27.3. The number of hydrogen-bond acceptors (Lipinski definition) is 3. The molecule has 2 rings (SSSR count). The number of halogens is 1. The minimum absolute atomic E-state index is 0.175. The van der Waals surface area contributed by atoms with Gasteiger partial charge in [-0.2, -0.15) is 4.31 Å². The van der Waals surface area contributed by atoms with Gasteiger partial charge in [0.25, 0.3) is 0 Å². The van der Waals surface area contributed by atoms with E-state index in [9.17, 15) is 8.42 Å². The fraction of sp³-hybridized carbons (Fsp3) is 0.571. The van der Waals surface area contributed by atoms with E-state index in [1.54, 1.807) is 13.1 Å². The quantitative estimate of drug-likeness (QED) is 0.760. The van der Waals surface area contributed by atoms with Crippen LogP contribution in [0.4, 0.5) is 0 Å². The molecule has 1 aromatic rings. The minimum atomic E-state index is -3.40. The van der Waals surface area contributed by atoms with Crippen LogP contribution in [0.2, 0.25) is 0 Å². The molecule has 1 saturated carbocycles. The van der Waals surface area contributed by atoms with Gasteiger partial charge in [0.2, 0.25) is 10.0 Å². The van der Waals surface area contributed by atoms with E-state index in [-0.39, 0.29) is 6.04 Å². The molecule has 0 aliphatic heterocycles. The fourth-order valence-corrected chi connectivity index (χ4v) is 4.44. The van der Waals surface area contributed by atoms with Gasteiger partial charge in [0.15, 0.2) is 0 Å². The zero-order valence-electron chi connectivity index (χ0n) is 11.9. The van der Waals surface area contributed by atoms with Crippen LogP contribution in [0, 0.1) is 0 Å². The second kappa shape index (κ2) is 6.56. The molecular weight excluding hydrogens is 340 g/mol. The van der Waals surface area contributed by atoms with Crippen LogP contribution in [0.15, 0.2) is 27.6 Å². The van der Waals surface area contributed by atoms with Gasteiger partial charge in [0.1, 0.15) is 0 Å². The number of sulfonamides is 1. The van der Waals surface area contributed by atoms with Crippen molar-refractivity contribution in [1.29, 1.82) is 0 Å². The molecule has 6 heteroatoms. The third-order valence-electron chi connectivity index (χ3n) is 3.47. The molecule has 0 spiro atoms. The summed E-state index contributed by atoms with van der Waals surface area (Å²) in [5, 5.41) is 3.29. The van der Waals surface area contributed by atoms with Crippen molar-refractivity contribution >= 4 is 26.0 Å². The largest absolute Gasteiger partial charge is 0.313 e. The van der Waals surface area contributed by atoms with Crippen LogP contribution in [0.25, 0.3) is 0 Å². The summed E-state index contributed by atoms with van der Waals surface area (Å²) in [6.45, 7) is 3.73. The predicted molar refractivity (Wildman–Crippen MR) is 84.1 cm³/mol. The van der Waals surface area contributed by atoms with Gasteiger partial charge in [0.05, 0.1) is 4.90 Å². The lowest BCUT2D eigenvalue weighted by molar-refractivity contribution is 0.463. The Hall–Kier alpha value is -0.430. The van der Waals surface area contributed by atoms with Crippen molar-refractivity contribution in [3.8, 4) is 0 Å². The van der Waals surface area contributed by atoms with Gasteiger partial charge in [-0.15, -0.1) is 0 Å². The highest BCUT2D eigenvalue weighted by molar-refractivity contribution is 9.10. The van der Waals surface area contributed by atoms with Crippen molar-refractivity contribution in [2.75, 3.05) is 13.6 Å². The molecule has 0 aromatic heterocycles. The van der Waals surface area contributed by atoms with E-state index in [1.165, 1.54) is 4.31 Å². The van der Waals surface area contributed by atoms with Gasteiger partial charge in [0, 0.05) is 24.1 Å². The van der Waals surface area contributed by atoms with Crippen molar-refractivity contribution in [1.82, 2.24) is 9.62 Å². The van der Waals surface area contributed by atoms with Gasteiger partial charge < -0.3 is 5.32 Å². The maximum atomic E-state index is 12.6. The van der Waals surface area contributed by atoms with Crippen molar-refractivity contribution in [2.24, 2.45) is 0 Å². The van der Waals surface area contributed by atoms with E-state index in [0.717, 1.165) is 31.4 Å². The summed E-state index contributed by atoms with van der Waals surface area (Å²) in [5.74, 6) is 0. The van der Waals surface area contributed by atoms with Crippen LogP contribution >= 0.6 is 15.9 Å². The molecule has 0 radical (unpaired) electrons. The Morgan fingerprint density at radius 2 is 2.10 bits per heavy atom. The lowest BCUT2D eigenvalue weighted by Gasteiger charge is -2.18. The number of nitrogens with zero attached hydrogens (tertiary/aromatic N) is 1. The summed E-state index contributed by atoms with van der Waals surface area (Å²) in [5.41, 5.74) is 0.990. The van der Waals surface area contributed by atoms with E-state index >= 15 is 0 Å². The Labute approximate surface area is 129 Å². The van der Waals surface area contributed by atoms with Gasteiger partial charge in [-0.1, -0.05) is 13.0 Å². The summed E-state index contributed by atoms with van der Waals surface area (Å²) in [6.07, 6.45) is 2.99. The third-order valence-corrected chi connectivity index (χ3v) is 6.37. The summed E-state index contributed by atoms with van der Waals surface area (Å²) in [7, 11) is -1.73. The molecule has 1 N–H and O–H groups in total. The lowest BCUT2D eigenvalue weighted by atomic mass is 10.2. The fourth-order valence-electron chi connectivity index (χ4n) is 2.05. The van der Waals surface area contributed by atoms with E-state index < -0.39 is 10.0 Å². The molecule has 0 amide bonds. The highest BCUT2D eigenvalue weighted by Crippen LogP contribution is 2.33. The van der Waals surface area contributed by atoms with Crippen LogP contribution in [-0.4, -0.2) is 32.4 Å². The Bertz CT molecular complexity index is 571. The normalized spacial score (nSPS) is 15.8. The van der Waals surface area contributed by atoms with Gasteiger partial charge in [-0.3, -0.25) is 0 Å². The summed E-state index contributed by atoms with van der Waals surface area (Å²) in [6, 6.07) is 5.70. The number of hydrogen-bond donors (Lipinski definition) is 1. The van der Waals surface area contributed by atoms with E-state index in [2.05, 4.69) is 28.2 Å². The molecule has 0 saturated heterocycles. The molecule has 1 aromatic carbocycles. The number of nitrogens with one attached hydrogen (secondary N) is 1. The summed E-state index contributed by atoms with van der Waals surface area (Å²) >= 11 is 3.36. The second-order valence-corrected chi connectivity index (χ2v) is 8.01. The monoisotopic (exact) mass is 360 g/mol. The first-order valence-corrected chi connectivity index (χ1v) is 9.17. The second-order valence-electron chi connectivity index (χ2n) is 5.19. The molecule has 0 unspecified atom stereocenters. The number of benzene rings is 1. The lowest BCUT2D eigenvalue weighted by Crippen LogP contribution is -2.29. The van der Waals surface area contributed by atoms with Crippen LogP contribution in [0.3, 0.4) is 0 Å². The molecule has 1 aliphatic rings. The Morgan fingerprint density at radius 3 is 2.70 bits per heavy atom. The smallest absolute Gasteiger partial charge is 0.244 e. The highest BCUT2D eigenvalue weighted by Gasteiger charge is 2.35. The number of rotatable bonds is 7. The van der Waals surface area contributed by atoms with Gasteiger partial charge in [-0.05, 0) is 59.4 Å². The zero-order valence-corrected chi connectivity index (χ0v) is 14.3. The first kappa shape index (κ1) is 15.9. The van der Waals surface area contributed by atoms with Gasteiger partial charge >= 0.3 is 0 Å². The minimum Gasteiger partial charge on any atom is -0.313 e. The third kappa shape index (κ3) is 3.61. The topological polar surface area (TPSA) is 49.4 Å². The van der Waals surface area contributed by atoms with Crippen LogP contribution in [0.1, 0.15) is 31.7 Å². The van der Waals surface area contributed by atoms with E-state index in [1.807, 2.05) is 12.1 Å². The molecule has 1 aliphatic carbocycles. The average molecular weight is 361 g/mol. The van der Waals surface area contributed by atoms with E-state index in [0.29, 0.717) is 15.9 Å². The molecule has 0 bridgehead atoms. The molecular formula is C14H21BrN2O2S. The predicted octanol–water partition coefficient (Wildman–Crippen LogP) is 2.73. The molecule has 1 fully saturated rings. The Balaban J connectivity index is 2.23. The molecule has 112 valence electrons. The molecule has 0 heterocycles. The molecule has 20 heavy (non-hydrogen) atoms. The van der Waals surface area contributed by atoms with Crippen molar-refractivity contribution in [2.45, 2.75) is 43.7 Å². The first-order chi connectivity index (χ1) is 9.46. The van der Waals surface area contributed by atoms with Crippen molar-refractivity contribution < 1.29 is 8.42 Å². The van der Waals surface area contributed by atoms with Crippen LogP contribution in [0.5, 0.6) is 0 Å². The first-order valence-electron chi connectivity index (χ1n) is 6.94. The maximum Gasteiger partial charge on any atom is 0.244 e. The zero-order chi connectivity index (χ0) is 14.8. The molecule has 0 atom stereocenters. The Morgan fingerprint density at radius 1 is 1.40 bits per heavy atom. The standard InChI is InChI=1S/C14H21BrN2O2S/c1-3-8-16-10-11-4-7-13(15)14(9-11)20(18,19)17(2)12-5-6-12/h4,7,9,12,16H,3,5-6,8,10H2,1-2H3. The SMILES string of the molecule is CCCNCc1ccc(Br)c(S(=O)(=O)N(C)C2CC2)c1. The molecule has 4 nitrogen and oxygen atoms in total. The summed E-state index contributed by atoms with van der Waals surface area (Å²) in [4.78, 5) is 0.364. The van der Waals surface area contributed by atoms with Crippen molar-refractivity contribution in [3.63, 3.8) is 0 Å². The average Bonchev–Trinajstić information content (AvgIpc) is 3.24. The van der Waals surface area contributed by atoms with Crippen LogP contribution in [-0.2, 0) is 16.6 Å².